The van der Waals surface area contributed by atoms with E-state index in [-0.39, 0.29) is 23.2 Å². The summed E-state index contributed by atoms with van der Waals surface area (Å²) in [5, 5.41) is 8.59. The lowest BCUT2D eigenvalue weighted by Gasteiger charge is -2.28. The molecule has 1 aliphatic heterocycles. The molecule has 2 rings (SSSR count). The molecule has 1 saturated heterocycles. The van der Waals surface area contributed by atoms with Gasteiger partial charge in [0.2, 0.25) is 5.91 Å². The van der Waals surface area contributed by atoms with Crippen molar-refractivity contribution in [2.75, 3.05) is 6.54 Å². The van der Waals surface area contributed by atoms with Crippen LogP contribution in [0.15, 0.2) is 30.3 Å². The molecule has 1 heterocycles. The summed E-state index contributed by atoms with van der Waals surface area (Å²) in [6.07, 6.45) is 1.12. The predicted octanol–water partition coefficient (Wildman–Crippen LogP) is 2.62. The Bertz CT molecular complexity index is 690. The summed E-state index contributed by atoms with van der Waals surface area (Å²) < 4.78 is 0. The molecule has 1 aromatic carbocycles. The summed E-state index contributed by atoms with van der Waals surface area (Å²) in [5.41, 5.74) is 0.533. The molecule has 140 valence electrons. The van der Waals surface area contributed by atoms with Crippen molar-refractivity contribution in [2.24, 2.45) is 5.92 Å². The van der Waals surface area contributed by atoms with Gasteiger partial charge < -0.3 is 10.0 Å². The van der Waals surface area contributed by atoms with Crippen LogP contribution in [-0.2, 0) is 14.4 Å². The first-order valence-corrected chi connectivity index (χ1v) is 9.48. The van der Waals surface area contributed by atoms with E-state index in [1.165, 1.54) is 11.8 Å². The fraction of sp³-hybridized carbons (Fsp3) is 0.474. The summed E-state index contributed by atoms with van der Waals surface area (Å²) >= 11 is 0.973. The van der Waals surface area contributed by atoms with Gasteiger partial charge in [-0.1, -0.05) is 49.0 Å². The van der Waals surface area contributed by atoms with Crippen molar-refractivity contribution in [2.45, 2.75) is 44.4 Å². The highest BCUT2D eigenvalue weighted by Crippen LogP contribution is 2.29. The largest absolute Gasteiger partial charge is 0.480 e. The minimum atomic E-state index is -1.01. The fourth-order valence-corrected chi connectivity index (χ4v) is 4.15. The van der Waals surface area contributed by atoms with Crippen molar-refractivity contribution in [1.29, 1.82) is 0 Å². The Hall–Kier alpha value is -2.15. The van der Waals surface area contributed by atoms with Gasteiger partial charge in [0.25, 0.3) is 0 Å². The maximum absolute atomic E-state index is 12.8. The number of carboxylic acid groups (broad SMARTS) is 1. The van der Waals surface area contributed by atoms with E-state index >= 15 is 0 Å². The van der Waals surface area contributed by atoms with Gasteiger partial charge in [0, 0.05) is 36.6 Å². The Balaban J connectivity index is 2.14. The summed E-state index contributed by atoms with van der Waals surface area (Å²) in [6.45, 7) is 3.46. The van der Waals surface area contributed by atoms with Crippen LogP contribution in [0.25, 0.3) is 0 Å². The number of carbonyl (C=O) groups is 4. The van der Waals surface area contributed by atoms with E-state index in [1.54, 1.807) is 31.2 Å². The van der Waals surface area contributed by atoms with Crippen LogP contribution < -0.4 is 0 Å². The molecule has 1 aliphatic rings. The zero-order valence-corrected chi connectivity index (χ0v) is 15.7. The van der Waals surface area contributed by atoms with Crippen molar-refractivity contribution >= 4 is 34.5 Å². The first kappa shape index (κ1) is 20.2. The van der Waals surface area contributed by atoms with Crippen LogP contribution in [0.3, 0.4) is 0 Å². The number of carbonyl (C=O) groups excluding carboxylic acids is 3. The molecule has 26 heavy (non-hydrogen) atoms. The first-order valence-electron chi connectivity index (χ1n) is 8.60. The zero-order chi connectivity index (χ0) is 19.3. The fourth-order valence-electron chi connectivity index (χ4n) is 3.17. The average molecular weight is 377 g/mol. The molecule has 0 spiro atoms. The monoisotopic (exact) mass is 377 g/mol. The first-order chi connectivity index (χ1) is 12.3. The van der Waals surface area contributed by atoms with E-state index in [2.05, 4.69) is 0 Å². The number of benzene rings is 1. The maximum Gasteiger partial charge on any atom is 0.326 e. The standard InChI is InChI=1S/C19H23NO5S/c1-12(18(23)20-10-6-9-15(20)19(24)25)17(26-13(2)21)11-16(22)14-7-4-3-5-8-14/h3-5,7-8,12,15,17H,6,9-11H2,1-2H3,(H,24,25)/t12?,15-,17?/m0/s1. The molecule has 6 nitrogen and oxygen atoms in total. The number of likely N-dealkylation sites (tertiary alicyclic amines) is 1. The molecular formula is C19H23NO5S. The van der Waals surface area contributed by atoms with E-state index < -0.39 is 23.2 Å². The molecule has 0 bridgehead atoms. The van der Waals surface area contributed by atoms with Crippen molar-refractivity contribution < 1.29 is 24.3 Å². The van der Waals surface area contributed by atoms with Gasteiger partial charge in [-0.05, 0) is 12.8 Å². The number of carboxylic acids is 1. The van der Waals surface area contributed by atoms with Gasteiger partial charge >= 0.3 is 5.97 Å². The minimum Gasteiger partial charge on any atom is -0.480 e. The van der Waals surface area contributed by atoms with Crippen molar-refractivity contribution in [3.05, 3.63) is 35.9 Å². The Morgan fingerprint density at radius 2 is 1.88 bits per heavy atom. The van der Waals surface area contributed by atoms with Crippen LogP contribution >= 0.6 is 11.8 Å². The summed E-state index contributed by atoms with van der Waals surface area (Å²) in [5.74, 6) is -2.09. The lowest BCUT2D eigenvalue weighted by atomic mass is 9.98. The van der Waals surface area contributed by atoms with Crippen molar-refractivity contribution in [3.8, 4) is 0 Å². The van der Waals surface area contributed by atoms with Crippen molar-refractivity contribution in [3.63, 3.8) is 0 Å². The highest BCUT2D eigenvalue weighted by atomic mass is 32.2. The SMILES string of the molecule is CC(=O)SC(CC(=O)c1ccccc1)C(C)C(=O)N1CCC[C@H]1C(=O)O. The van der Waals surface area contributed by atoms with Gasteiger partial charge in [-0.15, -0.1) is 0 Å². The number of Topliss-reactive ketones (excluding diaryl/α,β-unsaturated/α-hetero) is 1. The molecule has 0 radical (unpaired) electrons. The number of amides is 1. The van der Waals surface area contributed by atoms with E-state index in [0.717, 1.165) is 11.8 Å². The Labute approximate surface area is 156 Å². The summed E-state index contributed by atoms with van der Waals surface area (Å²) in [7, 11) is 0. The van der Waals surface area contributed by atoms with Crippen LogP contribution in [0, 0.1) is 5.92 Å². The number of ketones is 1. The Morgan fingerprint density at radius 3 is 2.46 bits per heavy atom. The number of hydrogen-bond acceptors (Lipinski definition) is 5. The molecule has 7 heteroatoms. The number of aliphatic carboxylic acids is 1. The van der Waals surface area contributed by atoms with Crippen LogP contribution in [0.4, 0.5) is 0 Å². The molecule has 0 aromatic heterocycles. The molecule has 0 aliphatic carbocycles. The van der Waals surface area contributed by atoms with Crippen LogP contribution in [0.1, 0.15) is 43.5 Å². The van der Waals surface area contributed by atoms with Crippen LogP contribution in [-0.4, -0.2) is 50.6 Å². The quantitative estimate of drug-likeness (QED) is 0.735. The highest BCUT2D eigenvalue weighted by Gasteiger charge is 2.39. The topological polar surface area (TPSA) is 91.8 Å². The Kier molecular flexibility index (Phi) is 6.97. The second-order valence-corrected chi connectivity index (χ2v) is 7.87. The lowest BCUT2D eigenvalue weighted by molar-refractivity contribution is -0.149. The zero-order valence-electron chi connectivity index (χ0n) is 14.9. The van der Waals surface area contributed by atoms with Gasteiger partial charge in [-0.3, -0.25) is 14.4 Å². The lowest BCUT2D eigenvalue weighted by Crippen LogP contribution is -2.45. The Morgan fingerprint density at radius 1 is 1.23 bits per heavy atom. The third kappa shape index (κ3) is 4.94. The molecule has 1 aromatic rings. The number of hydrogen-bond donors (Lipinski definition) is 1. The summed E-state index contributed by atoms with van der Waals surface area (Å²) in [6, 6.07) is 7.91. The summed E-state index contributed by atoms with van der Waals surface area (Å²) in [4.78, 5) is 49.7. The van der Waals surface area contributed by atoms with Gasteiger partial charge in [0.05, 0.1) is 0 Å². The molecule has 2 unspecified atom stereocenters. The number of rotatable bonds is 7. The van der Waals surface area contributed by atoms with Crippen LogP contribution in [0.5, 0.6) is 0 Å². The second-order valence-electron chi connectivity index (χ2n) is 6.46. The molecule has 1 N–H and O–H groups in total. The van der Waals surface area contributed by atoms with Crippen LogP contribution in [0.2, 0.25) is 0 Å². The third-order valence-corrected chi connectivity index (χ3v) is 5.78. The normalized spacial score (nSPS) is 19.0. The van der Waals surface area contributed by atoms with Gasteiger partial charge in [-0.2, -0.15) is 0 Å². The molecular weight excluding hydrogens is 354 g/mol. The number of nitrogens with zero attached hydrogens (tertiary/aromatic N) is 1. The van der Waals surface area contributed by atoms with E-state index in [0.29, 0.717) is 24.9 Å². The highest BCUT2D eigenvalue weighted by molar-refractivity contribution is 8.14. The third-order valence-electron chi connectivity index (χ3n) is 4.57. The van der Waals surface area contributed by atoms with E-state index in [4.69, 9.17) is 0 Å². The second kappa shape index (κ2) is 8.98. The molecule has 3 atom stereocenters. The molecule has 1 fully saturated rings. The van der Waals surface area contributed by atoms with E-state index in [9.17, 15) is 24.3 Å². The van der Waals surface area contributed by atoms with Crippen molar-refractivity contribution in [1.82, 2.24) is 4.90 Å². The minimum absolute atomic E-state index is 0.0484. The predicted molar refractivity (Wildman–Crippen MR) is 99.0 cm³/mol. The van der Waals surface area contributed by atoms with Gasteiger partial charge in [0.1, 0.15) is 6.04 Å². The smallest absolute Gasteiger partial charge is 0.326 e. The van der Waals surface area contributed by atoms with Gasteiger partial charge in [0.15, 0.2) is 10.9 Å². The van der Waals surface area contributed by atoms with E-state index in [1.807, 2.05) is 6.07 Å². The average Bonchev–Trinajstić information content (AvgIpc) is 3.10. The maximum atomic E-state index is 12.8. The molecule has 0 saturated carbocycles. The molecule has 1 amide bonds. The van der Waals surface area contributed by atoms with Gasteiger partial charge in [-0.25, -0.2) is 4.79 Å². The number of thioether (sulfide) groups is 1.